The highest BCUT2D eigenvalue weighted by atomic mass is 19.4. The first-order chi connectivity index (χ1) is 16.4. The van der Waals surface area contributed by atoms with E-state index in [0.717, 1.165) is 4.90 Å². The second-order valence-electron chi connectivity index (χ2n) is 7.59. The normalized spacial score (nSPS) is 18.1. The van der Waals surface area contributed by atoms with Gasteiger partial charge < -0.3 is 15.0 Å². The zero-order chi connectivity index (χ0) is 25.8. The van der Waals surface area contributed by atoms with Crippen LogP contribution in [0.4, 0.5) is 31.1 Å². The lowest BCUT2D eigenvalue weighted by Crippen LogP contribution is -2.42. The van der Waals surface area contributed by atoms with Gasteiger partial charge >= 0.3 is 18.4 Å². The molecule has 0 aromatic heterocycles. The first kappa shape index (κ1) is 25.7. The first-order valence-corrected chi connectivity index (χ1v) is 9.98. The molecule has 2 amide bonds. The predicted molar refractivity (Wildman–Crippen MR) is 109 cm³/mol. The van der Waals surface area contributed by atoms with Crippen LogP contribution in [0.1, 0.15) is 27.0 Å². The van der Waals surface area contributed by atoms with Gasteiger partial charge in [0.05, 0.1) is 23.2 Å². The van der Waals surface area contributed by atoms with Crippen LogP contribution in [-0.2, 0) is 23.7 Å². The van der Waals surface area contributed by atoms with Gasteiger partial charge in [0.1, 0.15) is 6.61 Å². The van der Waals surface area contributed by atoms with Gasteiger partial charge in [-0.15, -0.1) is 0 Å². The van der Waals surface area contributed by atoms with Crippen molar-refractivity contribution in [1.29, 1.82) is 0 Å². The van der Waals surface area contributed by atoms with Crippen molar-refractivity contribution < 1.29 is 40.7 Å². The number of benzene rings is 2. The van der Waals surface area contributed by atoms with Crippen molar-refractivity contribution in [2.45, 2.75) is 31.0 Å². The Morgan fingerprint density at radius 1 is 1.03 bits per heavy atom. The van der Waals surface area contributed by atoms with Gasteiger partial charge in [0.15, 0.2) is 0 Å². The van der Waals surface area contributed by atoms with E-state index in [0.29, 0.717) is 5.56 Å². The van der Waals surface area contributed by atoms with E-state index in [4.69, 9.17) is 10.3 Å². The molecule has 1 aliphatic heterocycles. The summed E-state index contributed by atoms with van der Waals surface area (Å²) in [6.07, 6.45) is -11.1. The maximum Gasteiger partial charge on any atom is 0.416 e. The minimum Gasteiger partial charge on any atom is -0.445 e. The Morgan fingerprint density at radius 3 is 2.17 bits per heavy atom. The van der Waals surface area contributed by atoms with Crippen molar-refractivity contribution in [1.82, 2.24) is 10.2 Å². The molecule has 1 aliphatic rings. The number of ether oxygens (including phenoxy) is 1. The number of hydrogen-bond donors (Lipinski definition) is 1. The van der Waals surface area contributed by atoms with Crippen LogP contribution in [0, 0.1) is 0 Å². The third-order valence-corrected chi connectivity index (χ3v) is 5.12. The molecular weight excluding hydrogens is 484 g/mol. The number of likely N-dealkylation sites (tertiary alicyclic amines) is 1. The van der Waals surface area contributed by atoms with Crippen LogP contribution in [0.15, 0.2) is 53.6 Å². The molecule has 1 fully saturated rings. The highest BCUT2D eigenvalue weighted by Crippen LogP contribution is 2.36. The molecule has 2 atom stereocenters. The van der Waals surface area contributed by atoms with Gasteiger partial charge in [-0.3, -0.25) is 4.79 Å². The lowest BCUT2D eigenvalue weighted by molar-refractivity contribution is -0.143. The summed E-state index contributed by atoms with van der Waals surface area (Å²) in [5.74, 6) is -1.26. The summed E-state index contributed by atoms with van der Waals surface area (Å²) in [4.78, 5) is 28.7. The van der Waals surface area contributed by atoms with E-state index in [2.05, 4.69) is 15.3 Å². The van der Waals surface area contributed by atoms with Gasteiger partial charge in [0.25, 0.3) is 5.91 Å². The maximum absolute atomic E-state index is 13.1. The van der Waals surface area contributed by atoms with Crippen LogP contribution >= 0.6 is 0 Å². The molecule has 2 aromatic rings. The van der Waals surface area contributed by atoms with Gasteiger partial charge in [-0.2, -0.15) is 26.3 Å². The summed E-state index contributed by atoms with van der Waals surface area (Å²) in [5.41, 5.74) is 5.29. The molecule has 0 radical (unpaired) electrons. The number of carbonyl (C=O) groups excluding carboxylic acids is 2. The summed E-state index contributed by atoms with van der Waals surface area (Å²) in [5, 5.41) is 5.73. The monoisotopic (exact) mass is 501 g/mol. The molecule has 14 heteroatoms. The number of nitrogens with zero attached hydrogens (tertiary/aromatic N) is 4. The van der Waals surface area contributed by atoms with Crippen LogP contribution in [0.3, 0.4) is 0 Å². The van der Waals surface area contributed by atoms with Crippen LogP contribution in [0.25, 0.3) is 10.4 Å². The van der Waals surface area contributed by atoms with Crippen LogP contribution in [0.2, 0.25) is 0 Å². The fourth-order valence-electron chi connectivity index (χ4n) is 3.41. The molecule has 1 heterocycles. The molecule has 2 aromatic carbocycles. The molecule has 1 saturated heterocycles. The largest absolute Gasteiger partial charge is 0.445 e. The molecular formula is C21H17F6N5O3. The number of nitrogens with one attached hydrogen (secondary N) is 1. The summed E-state index contributed by atoms with van der Waals surface area (Å²) < 4.78 is 83.7. The number of amides is 2. The average molecular weight is 501 g/mol. The van der Waals surface area contributed by atoms with E-state index in [1.165, 1.54) is 0 Å². The lowest BCUT2D eigenvalue weighted by Gasteiger charge is -2.18. The zero-order valence-electron chi connectivity index (χ0n) is 17.7. The maximum atomic E-state index is 13.1. The van der Waals surface area contributed by atoms with Crippen LogP contribution in [-0.4, -0.2) is 42.1 Å². The fraction of sp³-hybridized carbons (Fsp3) is 0.333. The van der Waals surface area contributed by atoms with E-state index >= 15 is 0 Å². The Hall–Kier alpha value is -3.93. The number of halogens is 6. The Bertz CT molecular complexity index is 1100. The van der Waals surface area contributed by atoms with Crippen molar-refractivity contribution in [3.63, 3.8) is 0 Å². The van der Waals surface area contributed by atoms with Gasteiger partial charge in [0.2, 0.25) is 0 Å². The van der Waals surface area contributed by atoms with E-state index < -0.39 is 53.1 Å². The molecule has 8 nitrogen and oxygen atoms in total. The third kappa shape index (κ3) is 6.57. The molecule has 1 N–H and O–H groups in total. The highest BCUT2D eigenvalue weighted by Gasteiger charge is 2.39. The lowest BCUT2D eigenvalue weighted by atomic mass is 10.0. The summed E-state index contributed by atoms with van der Waals surface area (Å²) in [7, 11) is 0. The Kier molecular flexibility index (Phi) is 7.44. The molecule has 0 bridgehead atoms. The molecule has 186 valence electrons. The van der Waals surface area contributed by atoms with Gasteiger partial charge in [-0.25, -0.2) is 4.79 Å². The zero-order valence-corrected chi connectivity index (χ0v) is 17.7. The number of hydrogen-bond acceptors (Lipinski definition) is 4. The summed E-state index contributed by atoms with van der Waals surface area (Å²) in [6.45, 7) is -0.489. The van der Waals surface area contributed by atoms with Gasteiger partial charge in [-0.05, 0) is 29.3 Å². The minimum atomic E-state index is -5.13. The Balaban J connectivity index is 1.76. The van der Waals surface area contributed by atoms with Gasteiger partial charge in [0, 0.05) is 23.6 Å². The second kappa shape index (κ2) is 10.1. The quantitative estimate of drug-likeness (QED) is 0.265. The number of rotatable bonds is 5. The summed E-state index contributed by atoms with van der Waals surface area (Å²) in [6, 6.07) is 7.04. The average Bonchev–Trinajstić information content (AvgIpc) is 3.19. The van der Waals surface area contributed by atoms with Gasteiger partial charge in [-0.1, -0.05) is 35.4 Å². The minimum absolute atomic E-state index is 0.0656. The highest BCUT2D eigenvalue weighted by molar-refractivity contribution is 5.95. The first-order valence-electron chi connectivity index (χ1n) is 9.98. The molecule has 1 unspecified atom stereocenters. The Labute approximate surface area is 194 Å². The van der Waals surface area contributed by atoms with Crippen LogP contribution < -0.4 is 5.32 Å². The van der Waals surface area contributed by atoms with Crippen molar-refractivity contribution in [3.05, 3.63) is 81.2 Å². The smallest absolute Gasteiger partial charge is 0.416 e. The number of carbonyl (C=O) groups is 2. The second-order valence-corrected chi connectivity index (χ2v) is 7.59. The molecule has 0 saturated carbocycles. The third-order valence-electron chi connectivity index (χ3n) is 5.12. The van der Waals surface area contributed by atoms with Crippen molar-refractivity contribution >= 4 is 12.0 Å². The van der Waals surface area contributed by atoms with Crippen molar-refractivity contribution in [2.75, 3.05) is 13.1 Å². The predicted octanol–water partition coefficient (Wildman–Crippen LogP) is 5.15. The molecule has 0 spiro atoms. The molecule has 3 rings (SSSR count). The standard InChI is InChI=1S/C21H17F6N5O3/c22-20(23,24)14-6-13(7-15(8-14)21(25,26)27)18(33)29-16-9-32(10-17(16)30-31-28)19(34)35-11-12-4-2-1-3-5-12/h1-8,16-17H,9-11H2,(H,29,33)/t16-,17?/m1/s1. The van der Waals surface area contributed by atoms with Crippen LogP contribution in [0.5, 0.6) is 0 Å². The molecule has 0 aliphatic carbocycles. The van der Waals surface area contributed by atoms with E-state index in [1.807, 2.05) is 0 Å². The SMILES string of the molecule is [N-]=[N+]=NC1CN(C(=O)OCc2ccccc2)C[C@H]1NC(=O)c1cc(C(F)(F)F)cc(C(F)(F)F)c1. The van der Waals surface area contributed by atoms with E-state index in [-0.39, 0.29) is 37.9 Å². The van der Waals surface area contributed by atoms with E-state index in [1.54, 1.807) is 30.3 Å². The fourth-order valence-corrected chi connectivity index (χ4v) is 3.41. The Morgan fingerprint density at radius 2 is 1.63 bits per heavy atom. The number of alkyl halides is 6. The van der Waals surface area contributed by atoms with Crippen molar-refractivity contribution in [3.8, 4) is 0 Å². The van der Waals surface area contributed by atoms with Crippen molar-refractivity contribution in [2.24, 2.45) is 5.11 Å². The van der Waals surface area contributed by atoms with E-state index in [9.17, 15) is 35.9 Å². The number of azide groups is 1. The molecule has 35 heavy (non-hydrogen) atoms. The summed E-state index contributed by atoms with van der Waals surface area (Å²) >= 11 is 0. The topological polar surface area (TPSA) is 107 Å².